The highest BCUT2D eigenvalue weighted by molar-refractivity contribution is 14.0. The molecule has 0 aliphatic heterocycles. The van der Waals surface area contributed by atoms with Gasteiger partial charge in [0, 0.05) is 29.7 Å². The average Bonchev–Trinajstić information content (AvgIpc) is 3.19. The van der Waals surface area contributed by atoms with E-state index in [0.29, 0.717) is 28.3 Å². The van der Waals surface area contributed by atoms with Crippen LogP contribution in [0.25, 0.3) is 11.4 Å². The van der Waals surface area contributed by atoms with Crippen LogP contribution in [0.4, 0.5) is 8.78 Å². The number of rotatable bonds is 7. The molecular weight excluding hydrogens is 543 g/mol. The molecule has 31 heavy (non-hydrogen) atoms. The van der Waals surface area contributed by atoms with Crippen LogP contribution in [0.3, 0.4) is 0 Å². The van der Waals surface area contributed by atoms with E-state index in [4.69, 9.17) is 16.1 Å². The number of halogens is 4. The highest BCUT2D eigenvalue weighted by Gasteiger charge is 2.12. The molecule has 0 radical (unpaired) electrons. The SMILES string of the molecule is CN=C(NCc1nc(-c2cccc(Cl)c2)no1)NCc1cc(C)ccc1OC(F)F.I. The first-order valence-corrected chi connectivity index (χ1v) is 9.40. The second-order valence-corrected chi connectivity index (χ2v) is 6.73. The Morgan fingerprint density at radius 3 is 2.68 bits per heavy atom. The van der Waals surface area contributed by atoms with E-state index in [-0.39, 0.29) is 42.8 Å². The first kappa shape index (κ1) is 24.8. The molecule has 11 heteroatoms. The van der Waals surface area contributed by atoms with Crippen molar-refractivity contribution >= 4 is 41.5 Å². The Hall–Kier alpha value is -2.47. The fraction of sp³-hybridized carbons (Fsp3) is 0.250. The van der Waals surface area contributed by atoms with Gasteiger partial charge in [-0.15, -0.1) is 24.0 Å². The van der Waals surface area contributed by atoms with Crippen molar-refractivity contribution in [2.45, 2.75) is 26.6 Å². The molecule has 7 nitrogen and oxygen atoms in total. The molecule has 0 saturated heterocycles. The van der Waals surface area contributed by atoms with Crippen molar-refractivity contribution in [1.82, 2.24) is 20.8 Å². The topological polar surface area (TPSA) is 84.6 Å². The normalized spacial score (nSPS) is 11.2. The minimum atomic E-state index is -2.89. The van der Waals surface area contributed by atoms with Gasteiger partial charge in [-0.3, -0.25) is 4.99 Å². The molecule has 166 valence electrons. The summed E-state index contributed by atoms with van der Waals surface area (Å²) in [5.74, 6) is 1.32. The van der Waals surface area contributed by atoms with Crippen LogP contribution < -0.4 is 15.4 Å². The number of nitrogens with zero attached hydrogens (tertiary/aromatic N) is 3. The maximum Gasteiger partial charge on any atom is 0.387 e. The third-order valence-corrected chi connectivity index (χ3v) is 4.29. The van der Waals surface area contributed by atoms with Gasteiger partial charge in [0.1, 0.15) is 5.75 Å². The number of benzene rings is 2. The molecule has 0 unspecified atom stereocenters. The lowest BCUT2D eigenvalue weighted by Gasteiger charge is -2.14. The number of alkyl halides is 2. The van der Waals surface area contributed by atoms with Gasteiger partial charge in [0.05, 0.1) is 6.54 Å². The van der Waals surface area contributed by atoms with Crippen LogP contribution in [0.1, 0.15) is 17.0 Å². The molecule has 3 rings (SSSR count). The molecule has 0 aliphatic rings. The van der Waals surface area contributed by atoms with Crippen molar-refractivity contribution in [2.75, 3.05) is 7.05 Å². The van der Waals surface area contributed by atoms with Crippen molar-refractivity contribution < 1.29 is 18.0 Å². The van der Waals surface area contributed by atoms with Crippen molar-refractivity contribution in [2.24, 2.45) is 4.99 Å². The Morgan fingerprint density at radius 1 is 1.19 bits per heavy atom. The van der Waals surface area contributed by atoms with E-state index in [1.54, 1.807) is 37.4 Å². The lowest BCUT2D eigenvalue weighted by molar-refractivity contribution is -0.0504. The number of hydrogen-bond acceptors (Lipinski definition) is 5. The predicted molar refractivity (Wildman–Crippen MR) is 125 cm³/mol. The van der Waals surface area contributed by atoms with Gasteiger partial charge < -0.3 is 19.9 Å². The summed E-state index contributed by atoms with van der Waals surface area (Å²) in [4.78, 5) is 8.43. The summed E-state index contributed by atoms with van der Waals surface area (Å²) < 4.78 is 35.0. The summed E-state index contributed by atoms with van der Waals surface area (Å²) in [5.41, 5.74) is 2.25. The number of nitrogens with one attached hydrogen (secondary N) is 2. The number of ether oxygens (including phenoxy) is 1. The van der Waals surface area contributed by atoms with E-state index in [9.17, 15) is 8.78 Å². The Balaban J connectivity index is 0.00000341. The van der Waals surface area contributed by atoms with Crippen LogP contribution >= 0.6 is 35.6 Å². The zero-order chi connectivity index (χ0) is 21.5. The van der Waals surface area contributed by atoms with Gasteiger partial charge in [0.25, 0.3) is 0 Å². The predicted octanol–water partition coefficient (Wildman–Crippen LogP) is 4.78. The fourth-order valence-corrected chi connectivity index (χ4v) is 2.88. The summed E-state index contributed by atoms with van der Waals surface area (Å²) in [6.45, 7) is -0.562. The smallest absolute Gasteiger partial charge is 0.387 e. The molecular formula is C20H21ClF2IN5O2. The number of aryl methyl sites for hydroxylation is 1. The Labute approximate surface area is 200 Å². The quantitative estimate of drug-likeness (QED) is 0.245. The number of guanidine groups is 1. The number of aromatic nitrogens is 2. The van der Waals surface area contributed by atoms with Crippen LogP contribution in [0, 0.1) is 6.92 Å². The Kier molecular flexibility index (Phi) is 9.44. The van der Waals surface area contributed by atoms with Crippen LogP contribution in [0.5, 0.6) is 5.75 Å². The van der Waals surface area contributed by atoms with Gasteiger partial charge in [-0.25, -0.2) is 0 Å². The molecule has 1 heterocycles. The Morgan fingerprint density at radius 2 is 1.97 bits per heavy atom. The van der Waals surface area contributed by atoms with Gasteiger partial charge in [-0.05, 0) is 25.1 Å². The van der Waals surface area contributed by atoms with E-state index in [1.807, 2.05) is 13.0 Å². The fourth-order valence-electron chi connectivity index (χ4n) is 2.69. The molecule has 3 aromatic rings. The van der Waals surface area contributed by atoms with E-state index >= 15 is 0 Å². The third kappa shape index (κ3) is 7.31. The zero-order valence-electron chi connectivity index (χ0n) is 16.7. The van der Waals surface area contributed by atoms with E-state index < -0.39 is 6.61 Å². The van der Waals surface area contributed by atoms with Crippen LogP contribution in [-0.4, -0.2) is 29.8 Å². The molecule has 2 aromatic carbocycles. The first-order chi connectivity index (χ1) is 14.4. The van der Waals surface area contributed by atoms with Crippen LogP contribution in [0.2, 0.25) is 5.02 Å². The third-order valence-electron chi connectivity index (χ3n) is 4.06. The zero-order valence-corrected chi connectivity index (χ0v) is 19.8. The highest BCUT2D eigenvalue weighted by atomic mass is 127. The second-order valence-electron chi connectivity index (χ2n) is 6.29. The van der Waals surface area contributed by atoms with Gasteiger partial charge in [-0.1, -0.05) is 46.6 Å². The minimum absolute atomic E-state index is 0. The van der Waals surface area contributed by atoms with Crippen LogP contribution in [-0.2, 0) is 13.1 Å². The maximum atomic E-state index is 12.6. The standard InChI is InChI=1S/C20H20ClF2N5O2.HI/c1-12-6-7-16(29-19(22)23)14(8-12)10-25-20(24-2)26-11-17-27-18(28-30-17)13-4-3-5-15(21)9-13;/h3-9,19H,10-11H2,1-2H3,(H2,24,25,26);1H. The van der Waals surface area contributed by atoms with Crippen molar-refractivity contribution in [3.8, 4) is 17.1 Å². The number of aliphatic imine (C=N–C) groups is 1. The maximum absolute atomic E-state index is 12.6. The minimum Gasteiger partial charge on any atom is -0.434 e. The molecule has 2 N–H and O–H groups in total. The monoisotopic (exact) mass is 563 g/mol. The molecule has 0 aliphatic carbocycles. The molecule has 0 atom stereocenters. The summed E-state index contributed by atoms with van der Waals surface area (Å²) in [6.07, 6.45) is 0. The van der Waals surface area contributed by atoms with Gasteiger partial charge >= 0.3 is 6.61 Å². The molecule has 1 aromatic heterocycles. The van der Waals surface area contributed by atoms with Crippen molar-refractivity contribution in [1.29, 1.82) is 0 Å². The summed E-state index contributed by atoms with van der Waals surface area (Å²) >= 11 is 5.98. The summed E-state index contributed by atoms with van der Waals surface area (Å²) in [7, 11) is 1.59. The van der Waals surface area contributed by atoms with Crippen LogP contribution in [0.15, 0.2) is 52.0 Å². The lowest BCUT2D eigenvalue weighted by atomic mass is 10.1. The number of hydrogen-bond donors (Lipinski definition) is 2. The van der Waals surface area contributed by atoms with Crippen molar-refractivity contribution in [3.63, 3.8) is 0 Å². The molecule has 0 amide bonds. The Bertz CT molecular complexity index is 1030. The second kappa shape index (κ2) is 11.8. The van der Waals surface area contributed by atoms with Gasteiger partial charge in [-0.2, -0.15) is 13.8 Å². The van der Waals surface area contributed by atoms with Crippen molar-refractivity contribution in [3.05, 3.63) is 64.5 Å². The molecule has 0 bridgehead atoms. The summed E-state index contributed by atoms with van der Waals surface area (Å²) in [6, 6.07) is 12.1. The van der Waals surface area contributed by atoms with E-state index in [2.05, 4.69) is 30.5 Å². The first-order valence-electron chi connectivity index (χ1n) is 9.02. The van der Waals surface area contributed by atoms with Gasteiger partial charge in [0.2, 0.25) is 11.7 Å². The molecule has 0 spiro atoms. The largest absolute Gasteiger partial charge is 0.434 e. The van der Waals surface area contributed by atoms with E-state index in [0.717, 1.165) is 11.1 Å². The van der Waals surface area contributed by atoms with Gasteiger partial charge in [0.15, 0.2) is 5.96 Å². The summed E-state index contributed by atoms with van der Waals surface area (Å²) in [5, 5.41) is 10.6. The molecule has 0 fully saturated rings. The lowest BCUT2D eigenvalue weighted by Crippen LogP contribution is -2.36. The average molecular weight is 564 g/mol. The molecule has 0 saturated carbocycles. The highest BCUT2D eigenvalue weighted by Crippen LogP contribution is 2.22. The van der Waals surface area contributed by atoms with E-state index in [1.165, 1.54) is 6.07 Å².